The van der Waals surface area contributed by atoms with Crippen LogP contribution in [0, 0.1) is 17.0 Å². The Morgan fingerprint density at radius 3 is 2.73 bits per heavy atom. The maximum Gasteiger partial charge on any atom is 0.280 e. The van der Waals surface area contributed by atoms with Crippen molar-refractivity contribution in [1.82, 2.24) is 0 Å². The van der Waals surface area contributed by atoms with Crippen molar-refractivity contribution >= 4 is 5.69 Å². The van der Waals surface area contributed by atoms with E-state index in [0.717, 1.165) is 5.56 Å². The van der Waals surface area contributed by atoms with Crippen LogP contribution < -0.4 is 0 Å². The molecule has 0 saturated heterocycles. The molecule has 0 amide bonds. The first kappa shape index (κ1) is 9.45. The van der Waals surface area contributed by atoms with Gasteiger partial charge in [-0.2, -0.15) is 0 Å². The molecule has 1 aromatic carbocycles. The van der Waals surface area contributed by atoms with Gasteiger partial charge in [0.15, 0.2) is 0 Å². The molecular weight excluding hydrogens is 194 g/mol. The molecule has 0 bridgehead atoms. The Bertz CT molecular complexity index is 489. The van der Waals surface area contributed by atoms with Gasteiger partial charge in [-0.15, -0.1) is 0 Å². The molecule has 0 radical (unpaired) electrons. The van der Waals surface area contributed by atoms with Gasteiger partial charge in [-0.3, -0.25) is 10.1 Å². The highest BCUT2D eigenvalue weighted by Crippen LogP contribution is 2.30. The van der Waals surface area contributed by atoms with Crippen molar-refractivity contribution in [3.05, 3.63) is 52.3 Å². The summed E-state index contributed by atoms with van der Waals surface area (Å²) in [5.74, 6) is 0.519. The van der Waals surface area contributed by atoms with Crippen molar-refractivity contribution in [2.45, 2.75) is 6.92 Å². The van der Waals surface area contributed by atoms with E-state index in [0.29, 0.717) is 11.3 Å². The van der Waals surface area contributed by atoms with Crippen LogP contribution in [0.3, 0.4) is 0 Å². The van der Waals surface area contributed by atoms with E-state index < -0.39 is 4.92 Å². The summed E-state index contributed by atoms with van der Waals surface area (Å²) >= 11 is 0. The lowest BCUT2D eigenvalue weighted by molar-refractivity contribution is -0.384. The summed E-state index contributed by atoms with van der Waals surface area (Å²) in [6.45, 7) is 1.89. The third kappa shape index (κ3) is 1.74. The van der Waals surface area contributed by atoms with E-state index in [1.54, 1.807) is 24.3 Å². The zero-order valence-corrected chi connectivity index (χ0v) is 8.14. The quantitative estimate of drug-likeness (QED) is 0.556. The molecule has 1 aromatic heterocycles. The van der Waals surface area contributed by atoms with Gasteiger partial charge in [-0.1, -0.05) is 6.07 Å². The molecule has 0 spiro atoms. The second-order valence-electron chi connectivity index (χ2n) is 3.26. The largest absolute Gasteiger partial charge is 0.464 e. The van der Waals surface area contributed by atoms with Gasteiger partial charge in [0.1, 0.15) is 5.76 Å². The van der Waals surface area contributed by atoms with Crippen molar-refractivity contribution in [3.8, 4) is 11.3 Å². The standard InChI is InChI=1S/C11H9NO3/c1-8-4-5-10(12(13)14)9(7-8)11-3-2-6-15-11/h2-7H,1H3. The lowest BCUT2D eigenvalue weighted by Crippen LogP contribution is -1.91. The normalized spacial score (nSPS) is 10.2. The third-order valence-electron chi connectivity index (χ3n) is 2.14. The average molecular weight is 203 g/mol. The fourth-order valence-electron chi connectivity index (χ4n) is 1.44. The van der Waals surface area contributed by atoms with Gasteiger partial charge in [0.2, 0.25) is 0 Å². The predicted octanol–water partition coefficient (Wildman–Crippen LogP) is 3.16. The Hall–Kier alpha value is -2.10. The first-order chi connectivity index (χ1) is 7.18. The maximum atomic E-state index is 10.8. The molecule has 0 aliphatic carbocycles. The summed E-state index contributed by atoms with van der Waals surface area (Å²) in [6, 6.07) is 8.37. The molecule has 0 fully saturated rings. The molecule has 76 valence electrons. The Morgan fingerprint density at radius 2 is 2.13 bits per heavy atom. The first-order valence-corrected chi connectivity index (χ1v) is 4.47. The molecule has 0 N–H and O–H groups in total. The Kier molecular flexibility index (Phi) is 2.25. The van der Waals surface area contributed by atoms with Crippen molar-refractivity contribution in [2.24, 2.45) is 0 Å². The monoisotopic (exact) mass is 203 g/mol. The van der Waals surface area contributed by atoms with E-state index >= 15 is 0 Å². The first-order valence-electron chi connectivity index (χ1n) is 4.47. The number of rotatable bonds is 2. The number of aryl methyl sites for hydroxylation is 1. The van der Waals surface area contributed by atoms with Gasteiger partial charge >= 0.3 is 0 Å². The third-order valence-corrected chi connectivity index (χ3v) is 2.14. The van der Waals surface area contributed by atoms with Gasteiger partial charge in [0, 0.05) is 6.07 Å². The molecule has 0 unspecified atom stereocenters. The Morgan fingerprint density at radius 1 is 1.33 bits per heavy atom. The zero-order chi connectivity index (χ0) is 10.8. The van der Waals surface area contributed by atoms with Crippen LogP contribution in [-0.4, -0.2) is 4.92 Å². The van der Waals surface area contributed by atoms with Crippen LogP contribution in [0.2, 0.25) is 0 Å². The molecule has 2 aromatic rings. The Labute approximate surface area is 86.3 Å². The summed E-state index contributed by atoms with van der Waals surface area (Å²) in [7, 11) is 0. The molecule has 0 aliphatic heterocycles. The van der Waals surface area contributed by atoms with E-state index in [4.69, 9.17) is 4.42 Å². The highest BCUT2D eigenvalue weighted by Gasteiger charge is 2.16. The summed E-state index contributed by atoms with van der Waals surface area (Å²) in [5.41, 5.74) is 1.55. The fourth-order valence-corrected chi connectivity index (χ4v) is 1.44. The van der Waals surface area contributed by atoms with E-state index in [1.165, 1.54) is 12.3 Å². The number of nitrogens with zero attached hydrogens (tertiary/aromatic N) is 1. The smallest absolute Gasteiger partial charge is 0.280 e. The minimum absolute atomic E-state index is 0.0653. The van der Waals surface area contributed by atoms with Gasteiger partial charge in [0.25, 0.3) is 5.69 Å². The fraction of sp³-hybridized carbons (Fsp3) is 0.0909. The number of hydrogen-bond acceptors (Lipinski definition) is 3. The van der Waals surface area contributed by atoms with Gasteiger partial charge in [0.05, 0.1) is 16.7 Å². The molecule has 2 rings (SSSR count). The number of furan rings is 1. The molecule has 1 heterocycles. The van der Waals surface area contributed by atoms with Gasteiger partial charge in [-0.05, 0) is 30.7 Å². The van der Waals surface area contributed by atoms with Gasteiger partial charge in [-0.25, -0.2) is 0 Å². The summed E-state index contributed by atoms with van der Waals surface area (Å²) in [6.07, 6.45) is 1.50. The highest BCUT2D eigenvalue weighted by atomic mass is 16.6. The summed E-state index contributed by atoms with van der Waals surface area (Å²) in [4.78, 5) is 10.4. The zero-order valence-electron chi connectivity index (χ0n) is 8.14. The van der Waals surface area contributed by atoms with Crippen LogP contribution in [0.4, 0.5) is 5.69 Å². The van der Waals surface area contributed by atoms with Crippen LogP contribution in [0.1, 0.15) is 5.56 Å². The lowest BCUT2D eigenvalue weighted by Gasteiger charge is -2.00. The average Bonchev–Trinajstić information content (AvgIpc) is 2.69. The molecule has 0 atom stereocenters. The minimum Gasteiger partial charge on any atom is -0.464 e. The second kappa shape index (κ2) is 3.57. The maximum absolute atomic E-state index is 10.8. The molecule has 0 aliphatic rings. The van der Waals surface area contributed by atoms with Crippen LogP contribution in [-0.2, 0) is 0 Å². The molecule has 4 nitrogen and oxygen atoms in total. The van der Waals surface area contributed by atoms with Gasteiger partial charge < -0.3 is 4.42 Å². The van der Waals surface area contributed by atoms with Crippen LogP contribution in [0.25, 0.3) is 11.3 Å². The number of nitro benzene ring substituents is 1. The molecule has 0 saturated carbocycles. The second-order valence-corrected chi connectivity index (χ2v) is 3.26. The lowest BCUT2D eigenvalue weighted by atomic mass is 10.1. The number of benzene rings is 1. The SMILES string of the molecule is Cc1ccc([N+](=O)[O-])c(-c2ccco2)c1. The minimum atomic E-state index is -0.405. The number of nitro groups is 1. The molecular formula is C11H9NO3. The highest BCUT2D eigenvalue weighted by molar-refractivity contribution is 5.70. The van der Waals surface area contributed by atoms with Crippen molar-refractivity contribution in [2.75, 3.05) is 0 Å². The topological polar surface area (TPSA) is 56.3 Å². The van der Waals surface area contributed by atoms with Crippen LogP contribution in [0.5, 0.6) is 0 Å². The van der Waals surface area contributed by atoms with E-state index in [-0.39, 0.29) is 5.69 Å². The van der Waals surface area contributed by atoms with Crippen LogP contribution >= 0.6 is 0 Å². The Balaban J connectivity index is 2.63. The van der Waals surface area contributed by atoms with Crippen molar-refractivity contribution in [3.63, 3.8) is 0 Å². The van der Waals surface area contributed by atoms with E-state index in [2.05, 4.69) is 0 Å². The summed E-state index contributed by atoms with van der Waals surface area (Å²) in [5, 5.41) is 10.8. The molecule has 15 heavy (non-hydrogen) atoms. The van der Waals surface area contributed by atoms with E-state index in [1.807, 2.05) is 6.92 Å². The van der Waals surface area contributed by atoms with Crippen LogP contribution in [0.15, 0.2) is 41.0 Å². The van der Waals surface area contributed by atoms with E-state index in [9.17, 15) is 10.1 Å². The number of hydrogen-bond donors (Lipinski definition) is 0. The summed E-state index contributed by atoms with van der Waals surface area (Å²) < 4.78 is 5.16. The molecule has 4 heteroatoms. The van der Waals surface area contributed by atoms with Crippen molar-refractivity contribution in [1.29, 1.82) is 0 Å². The van der Waals surface area contributed by atoms with Crippen molar-refractivity contribution < 1.29 is 9.34 Å². The predicted molar refractivity (Wildman–Crippen MR) is 55.5 cm³/mol.